The fourth-order valence-corrected chi connectivity index (χ4v) is 3.30. The van der Waals surface area contributed by atoms with Crippen molar-refractivity contribution in [2.45, 2.75) is 13.0 Å². The number of benzene rings is 2. The lowest BCUT2D eigenvalue weighted by Crippen LogP contribution is -2.34. The summed E-state index contributed by atoms with van der Waals surface area (Å²) in [6, 6.07) is 10.3. The van der Waals surface area contributed by atoms with Crippen LogP contribution in [0.3, 0.4) is 0 Å². The number of amides is 2. The van der Waals surface area contributed by atoms with Crippen molar-refractivity contribution in [1.29, 1.82) is 0 Å². The van der Waals surface area contributed by atoms with E-state index in [1.807, 2.05) is 24.3 Å². The predicted octanol–water partition coefficient (Wildman–Crippen LogP) is 2.98. The Morgan fingerprint density at radius 3 is 2.56 bits per heavy atom. The van der Waals surface area contributed by atoms with Gasteiger partial charge in [0.05, 0.1) is 13.0 Å². The van der Waals surface area contributed by atoms with Crippen molar-refractivity contribution in [2.75, 3.05) is 25.6 Å². The van der Waals surface area contributed by atoms with Gasteiger partial charge in [-0.05, 0) is 18.2 Å². The summed E-state index contributed by atoms with van der Waals surface area (Å²) in [5.41, 5.74) is 0.976. The minimum absolute atomic E-state index is 0.00717. The van der Waals surface area contributed by atoms with Crippen LogP contribution in [0.4, 0.5) is 14.5 Å². The lowest BCUT2D eigenvalue weighted by atomic mass is 10.1. The van der Waals surface area contributed by atoms with Crippen molar-refractivity contribution in [3.05, 3.63) is 59.7 Å². The van der Waals surface area contributed by atoms with Gasteiger partial charge < -0.3 is 14.5 Å². The summed E-state index contributed by atoms with van der Waals surface area (Å²) >= 11 is 0. The second-order valence-electron chi connectivity index (χ2n) is 6.54. The molecule has 5 nitrogen and oxygen atoms in total. The van der Waals surface area contributed by atoms with Gasteiger partial charge in [0, 0.05) is 43.9 Å². The van der Waals surface area contributed by atoms with Crippen LogP contribution >= 0.6 is 0 Å². The van der Waals surface area contributed by atoms with Crippen molar-refractivity contribution in [3.63, 3.8) is 0 Å². The van der Waals surface area contributed by atoms with Crippen LogP contribution in [0, 0.1) is 17.6 Å². The zero-order chi connectivity index (χ0) is 19.6. The van der Waals surface area contributed by atoms with E-state index in [2.05, 4.69) is 0 Å². The maximum absolute atomic E-state index is 13.4. The number of ether oxygens (including phenoxy) is 1. The Hall–Kier alpha value is -2.96. The van der Waals surface area contributed by atoms with Crippen molar-refractivity contribution < 1.29 is 23.1 Å². The zero-order valence-corrected chi connectivity index (χ0v) is 15.1. The van der Waals surface area contributed by atoms with E-state index in [1.165, 1.54) is 9.80 Å². The number of para-hydroxylation sites is 1. The van der Waals surface area contributed by atoms with Gasteiger partial charge in [-0.1, -0.05) is 18.2 Å². The Kier molecular flexibility index (Phi) is 5.39. The molecule has 0 spiro atoms. The number of hydrogen-bond acceptors (Lipinski definition) is 3. The number of carbonyl (C=O) groups excluding carboxylic acids is 2. The first-order valence-corrected chi connectivity index (χ1v) is 8.52. The highest BCUT2D eigenvalue weighted by molar-refractivity contribution is 6.00. The molecule has 27 heavy (non-hydrogen) atoms. The fourth-order valence-electron chi connectivity index (χ4n) is 3.30. The molecule has 1 heterocycles. The van der Waals surface area contributed by atoms with E-state index in [9.17, 15) is 18.4 Å². The lowest BCUT2D eigenvalue weighted by molar-refractivity contribution is -0.135. The Morgan fingerprint density at radius 1 is 1.22 bits per heavy atom. The first-order chi connectivity index (χ1) is 12.9. The largest absolute Gasteiger partial charge is 0.496 e. The molecular weight excluding hydrogens is 354 g/mol. The standard InChI is InChI=1S/C20H20F2N2O3/c1-23(11-13-5-3-4-6-18(13)27-2)20(26)14-7-19(25)24(12-14)17-9-15(21)8-16(22)10-17/h3-6,8-10,14H,7,11-12H2,1-2H3. The third kappa shape index (κ3) is 4.07. The van der Waals surface area contributed by atoms with Crippen molar-refractivity contribution in [3.8, 4) is 5.75 Å². The SMILES string of the molecule is COc1ccccc1CN(C)C(=O)C1CC(=O)N(c2cc(F)cc(F)c2)C1. The molecule has 3 rings (SSSR count). The molecule has 0 aliphatic carbocycles. The van der Waals surface area contributed by atoms with Crippen molar-refractivity contribution in [2.24, 2.45) is 5.92 Å². The van der Waals surface area contributed by atoms with Gasteiger partial charge in [-0.3, -0.25) is 9.59 Å². The van der Waals surface area contributed by atoms with E-state index in [1.54, 1.807) is 14.2 Å². The first-order valence-electron chi connectivity index (χ1n) is 8.52. The molecule has 1 saturated heterocycles. The summed E-state index contributed by atoms with van der Waals surface area (Å²) < 4.78 is 32.2. The second kappa shape index (κ2) is 7.73. The molecule has 1 atom stereocenters. The monoisotopic (exact) mass is 374 g/mol. The highest BCUT2D eigenvalue weighted by atomic mass is 19.1. The van der Waals surface area contributed by atoms with Gasteiger partial charge in [-0.15, -0.1) is 0 Å². The van der Waals surface area contributed by atoms with E-state index in [0.717, 1.165) is 23.8 Å². The summed E-state index contributed by atoms with van der Waals surface area (Å²) in [7, 11) is 3.22. The summed E-state index contributed by atoms with van der Waals surface area (Å²) in [6.07, 6.45) is 0.00717. The maximum atomic E-state index is 13.4. The van der Waals surface area contributed by atoms with E-state index in [4.69, 9.17) is 4.74 Å². The van der Waals surface area contributed by atoms with Crippen LogP contribution in [0.15, 0.2) is 42.5 Å². The van der Waals surface area contributed by atoms with Gasteiger partial charge >= 0.3 is 0 Å². The summed E-state index contributed by atoms with van der Waals surface area (Å²) in [4.78, 5) is 27.8. The number of methoxy groups -OCH3 is 1. The number of carbonyl (C=O) groups is 2. The second-order valence-corrected chi connectivity index (χ2v) is 6.54. The van der Waals surface area contributed by atoms with Gasteiger partial charge in [-0.2, -0.15) is 0 Å². The van der Waals surface area contributed by atoms with Gasteiger partial charge in [0.1, 0.15) is 17.4 Å². The minimum atomic E-state index is -0.763. The average Bonchev–Trinajstić information content (AvgIpc) is 3.02. The van der Waals surface area contributed by atoms with Crippen LogP contribution in [-0.4, -0.2) is 37.4 Å². The molecule has 142 valence electrons. The van der Waals surface area contributed by atoms with Gasteiger partial charge in [0.2, 0.25) is 11.8 Å². The number of rotatable bonds is 5. The highest BCUT2D eigenvalue weighted by Crippen LogP contribution is 2.28. The van der Waals surface area contributed by atoms with Crippen LogP contribution in [-0.2, 0) is 16.1 Å². The molecule has 1 aliphatic rings. The zero-order valence-electron chi connectivity index (χ0n) is 15.1. The summed E-state index contributed by atoms with van der Waals surface area (Å²) in [5, 5.41) is 0. The molecule has 1 aliphatic heterocycles. The van der Waals surface area contributed by atoms with E-state index >= 15 is 0 Å². The lowest BCUT2D eigenvalue weighted by Gasteiger charge is -2.22. The van der Waals surface area contributed by atoms with Crippen LogP contribution < -0.4 is 9.64 Å². The Bertz CT molecular complexity index is 852. The molecule has 0 aromatic heterocycles. The quantitative estimate of drug-likeness (QED) is 0.809. The summed E-state index contributed by atoms with van der Waals surface area (Å²) in [6.45, 7) is 0.430. The third-order valence-corrected chi connectivity index (χ3v) is 4.61. The predicted molar refractivity (Wildman–Crippen MR) is 96.3 cm³/mol. The van der Waals surface area contributed by atoms with E-state index in [-0.39, 0.29) is 30.5 Å². The first kappa shape index (κ1) is 18.8. The summed E-state index contributed by atoms with van der Waals surface area (Å²) in [5.74, 6) is -1.94. The average molecular weight is 374 g/mol. The number of halogens is 2. The van der Waals surface area contributed by atoms with Gasteiger partial charge in [0.25, 0.3) is 0 Å². The van der Waals surface area contributed by atoms with E-state index < -0.39 is 17.6 Å². The van der Waals surface area contributed by atoms with Crippen LogP contribution in [0.25, 0.3) is 0 Å². The molecule has 0 saturated carbocycles. The molecule has 1 unspecified atom stereocenters. The van der Waals surface area contributed by atoms with Crippen molar-refractivity contribution in [1.82, 2.24) is 4.90 Å². The molecule has 0 N–H and O–H groups in total. The smallest absolute Gasteiger partial charge is 0.228 e. The maximum Gasteiger partial charge on any atom is 0.228 e. The highest BCUT2D eigenvalue weighted by Gasteiger charge is 2.36. The fraction of sp³-hybridized carbons (Fsp3) is 0.300. The molecule has 0 bridgehead atoms. The Morgan fingerprint density at radius 2 is 1.89 bits per heavy atom. The number of hydrogen-bond donors (Lipinski definition) is 0. The molecule has 2 aromatic rings. The molecule has 0 radical (unpaired) electrons. The molecule has 1 fully saturated rings. The minimum Gasteiger partial charge on any atom is -0.496 e. The van der Waals surface area contributed by atoms with Gasteiger partial charge in [-0.25, -0.2) is 8.78 Å². The topological polar surface area (TPSA) is 49.9 Å². The van der Waals surface area contributed by atoms with Crippen molar-refractivity contribution >= 4 is 17.5 Å². The van der Waals surface area contributed by atoms with Crippen LogP contribution in [0.5, 0.6) is 5.75 Å². The van der Waals surface area contributed by atoms with Crippen LogP contribution in [0.2, 0.25) is 0 Å². The molecule has 2 aromatic carbocycles. The Balaban J connectivity index is 1.71. The normalized spacial score (nSPS) is 16.5. The van der Waals surface area contributed by atoms with E-state index in [0.29, 0.717) is 12.3 Å². The number of nitrogens with zero attached hydrogens (tertiary/aromatic N) is 2. The van der Waals surface area contributed by atoms with Gasteiger partial charge in [0.15, 0.2) is 0 Å². The van der Waals surface area contributed by atoms with Crippen LogP contribution in [0.1, 0.15) is 12.0 Å². The molecule has 2 amide bonds. The molecule has 7 heteroatoms. The number of anilines is 1. The molecular formula is C20H20F2N2O3. The Labute approximate surface area is 156 Å². The third-order valence-electron chi connectivity index (χ3n) is 4.61.